The number of fused-ring (bicyclic) bond motifs is 1. The summed E-state index contributed by atoms with van der Waals surface area (Å²) in [5, 5.41) is 0.629. The van der Waals surface area contributed by atoms with Crippen LogP contribution in [0.5, 0.6) is 0 Å². The molecule has 0 aliphatic carbocycles. The van der Waals surface area contributed by atoms with E-state index < -0.39 is 0 Å². The number of nitrogens with one attached hydrogen (secondary N) is 1. The Labute approximate surface area is 123 Å². The molecule has 0 amide bonds. The summed E-state index contributed by atoms with van der Waals surface area (Å²) in [5.74, 6) is 1.21. The molecule has 3 aromatic heterocycles. The predicted molar refractivity (Wildman–Crippen MR) is 79.9 cm³/mol. The van der Waals surface area contributed by atoms with Crippen molar-refractivity contribution in [1.82, 2.24) is 29.5 Å². The number of H-pyrrole nitrogens is 1. The molecule has 3 heterocycles. The van der Waals surface area contributed by atoms with Gasteiger partial charge in [-0.3, -0.25) is 4.79 Å². The van der Waals surface area contributed by atoms with E-state index in [1.165, 1.54) is 30.4 Å². The standard InChI is InChI=1S/C12H13N7OS/c13-10-9-11(16-6-15-10)19(7-17-9)4-1-5-21-12-14-3-2-8(20)18-12/h2-3,6-7H,1,4-5H2,(H2,13,15,16)(H,14,18,20). The first kappa shape index (κ1) is 13.6. The summed E-state index contributed by atoms with van der Waals surface area (Å²) in [6.45, 7) is 0.761. The van der Waals surface area contributed by atoms with Crippen LogP contribution in [0.2, 0.25) is 0 Å². The maximum absolute atomic E-state index is 11.1. The summed E-state index contributed by atoms with van der Waals surface area (Å²) in [6, 6.07) is 1.39. The number of aryl methyl sites for hydroxylation is 1. The van der Waals surface area contributed by atoms with Gasteiger partial charge < -0.3 is 15.3 Å². The zero-order valence-corrected chi connectivity index (χ0v) is 11.9. The van der Waals surface area contributed by atoms with E-state index in [-0.39, 0.29) is 5.56 Å². The first-order chi connectivity index (χ1) is 10.2. The lowest BCUT2D eigenvalue weighted by molar-refractivity contribution is 0.695. The molecular weight excluding hydrogens is 290 g/mol. The van der Waals surface area contributed by atoms with Gasteiger partial charge in [0.1, 0.15) is 11.8 Å². The Kier molecular flexibility index (Phi) is 3.82. The van der Waals surface area contributed by atoms with E-state index in [9.17, 15) is 4.79 Å². The smallest absolute Gasteiger partial charge is 0.251 e. The fraction of sp³-hybridized carbons (Fsp3) is 0.250. The number of thioether (sulfide) groups is 1. The van der Waals surface area contributed by atoms with E-state index in [1.54, 1.807) is 6.33 Å². The summed E-state index contributed by atoms with van der Waals surface area (Å²) >= 11 is 1.51. The number of aromatic nitrogens is 6. The van der Waals surface area contributed by atoms with E-state index in [2.05, 4.69) is 24.9 Å². The van der Waals surface area contributed by atoms with Gasteiger partial charge in [0.25, 0.3) is 5.56 Å². The molecule has 3 aromatic rings. The second-order valence-electron chi connectivity index (χ2n) is 4.31. The van der Waals surface area contributed by atoms with Crippen LogP contribution in [0.25, 0.3) is 11.2 Å². The molecule has 8 nitrogen and oxygen atoms in total. The second kappa shape index (κ2) is 5.92. The molecule has 0 saturated carbocycles. The Balaban J connectivity index is 1.60. The monoisotopic (exact) mass is 303 g/mol. The molecule has 0 radical (unpaired) electrons. The Hall–Kier alpha value is -2.42. The van der Waals surface area contributed by atoms with Gasteiger partial charge in [-0.2, -0.15) is 0 Å². The van der Waals surface area contributed by atoms with Crippen LogP contribution < -0.4 is 11.3 Å². The van der Waals surface area contributed by atoms with Gasteiger partial charge in [0.2, 0.25) is 0 Å². The highest BCUT2D eigenvalue weighted by Crippen LogP contribution is 2.16. The van der Waals surface area contributed by atoms with E-state index in [0.717, 1.165) is 24.4 Å². The van der Waals surface area contributed by atoms with E-state index in [4.69, 9.17) is 5.73 Å². The van der Waals surface area contributed by atoms with Gasteiger partial charge in [0.05, 0.1) is 6.33 Å². The highest BCUT2D eigenvalue weighted by molar-refractivity contribution is 7.99. The fourth-order valence-electron chi connectivity index (χ4n) is 1.89. The highest BCUT2D eigenvalue weighted by atomic mass is 32.2. The minimum atomic E-state index is -0.139. The average molecular weight is 303 g/mol. The molecule has 108 valence electrons. The van der Waals surface area contributed by atoms with Crippen molar-refractivity contribution in [2.45, 2.75) is 18.1 Å². The van der Waals surface area contributed by atoms with Gasteiger partial charge >= 0.3 is 0 Å². The molecule has 0 atom stereocenters. The van der Waals surface area contributed by atoms with Crippen LogP contribution in [0.1, 0.15) is 6.42 Å². The van der Waals surface area contributed by atoms with Crippen molar-refractivity contribution in [2.75, 3.05) is 11.5 Å². The molecule has 0 spiro atoms. The highest BCUT2D eigenvalue weighted by Gasteiger charge is 2.07. The van der Waals surface area contributed by atoms with Crippen LogP contribution in [0.3, 0.4) is 0 Å². The summed E-state index contributed by atoms with van der Waals surface area (Å²) in [7, 11) is 0. The number of nitrogens with two attached hydrogens (primary N) is 1. The number of imidazole rings is 1. The normalized spacial score (nSPS) is 11.0. The molecule has 0 saturated heterocycles. The van der Waals surface area contributed by atoms with Gasteiger partial charge in [-0.1, -0.05) is 11.8 Å². The van der Waals surface area contributed by atoms with Crippen molar-refractivity contribution in [3.8, 4) is 0 Å². The van der Waals surface area contributed by atoms with Crippen molar-refractivity contribution in [3.63, 3.8) is 0 Å². The number of nitrogens with zero attached hydrogens (tertiary/aromatic N) is 5. The third-order valence-corrected chi connectivity index (χ3v) is 3.83. The maximum Gasteiger partial charge on any atom is 0.251 e. The molecule has 0 aromatic carbocycles. The molecule has 21 heavy (non-hydrogen) atoms. The number of hydrogen-bond acceptors (Lipinski definition) is 7. The van der Waals surface area contributed by atoms with Gasteiger partial charge in [-0.05, 0) is 6.42 Å². The average Bonchev–Trinajstić information content (AvgIpc) is 2.88. The van der Waals surface area contributed by atoms with Crippen LogP contribution >= 0.6 is 11.8 Å². The topological polar surface area (TPSA) is 115 Å². The molecule has 9 heteroatoms. The van der Waals surface area contributed by atoms with Crippen LogP contribution in [0.15, 0.2) is 34.9 Å². The fourth-order valence-corrected chi connectivity index (χ4v) is 2.67. The number of nitrogen functional groups attached to an aromatic ring is 1. The summed E-state index contributed by atoms with van der Waals surface area (Å²) in [6.07, 6.45) is 5.54. The van der Waals surface area contributed by atoms with Crippen LogP contribution in [-0.4, -0.2) is 35.2 Å². The SMILES string of the molecule is Nc1ncnc2c1ncn2CCCSc1nccc(=O)[nH]1. The third-order valence-electron chi connectivity index (χ3n) is 2.86. The Morgan fingerprint density at radius 2 is 2.19 bits per heavy atom. The third kappa shape index (κ3) is 3.02. The molecule has 0 aliphatic heterocycles. The first-order valence-electron chi connectivity index (χ1n) is 6.33. The largest absolute Gasteiger partial charge is 0.382 e. The van der Waals surface area contributed by atoms with Crippen molar-refractivity contribution in [3.05, 3.63) is 35.3 Å². The lowest BCUT2D eigenvalue weighted by atomic mass is 10.4. The van der Waals surface area contributed by atoms with Crippen LogP contribution in [0, 0.1) is 0 Å². The number of aromatic amines is 1. The van der Waals surface area contributed by atoms with E-state index >= 15 is 0 Å². The van der Waals surface area contributed by atoms with Crippen molar-refractivity contribution >= 4 is 28.7 Å². The predicted octanol–water partition coefficient (Wildman–Crippen LogP) is 0.674. The van der Waals surface area contributed by atoms with Gasteiger partial charge in [-0.25, -0.2) is 19.9 Å². The number of rotatable bonds is 5. The zero-order chi connectivity index (χ0) is 14.7. The molecule has 3 rings (SSSR count). The Morgan fingerprint density at radius 3 is 3.05 bits per heavy atom. The van der Waals surface area contributed by atoms with Crippen molar-refractivity contribution < 1.29 is 0 Å². The lowest BCUT2D eigenvalue weighted by Crippen LogP contribution is -2.06. The number of anilines is 1. The minimum absolute atomic E-state index is 0.139. The van der Waals surface area contributed by atoms with Gasteiger partial charge in [-0.15, -0.1) is 0 Å². The van der Waals surface area contributed by atoms with Gasteiger partial charge in [0.15, 0.2) is 16.6 Å². The Morgan fingerprint density at radius 1 is 1.29 bits per heavy atom. The zero-order valence-electron chi connectivity index (χ0n) is 11.1. The first-order valence-corrected chi connectivity index (χ1v) is 7.32. The lowest BCUT2D eigenvalue weighted by Gasteiger charge is -2.03. The maximum atomic E-state index is 11.1. The minimum Gasteiger partial charge on any atom is -0.382 e. The van der Waals surface area contributed by atoms with Crippen molar-refractivity contribution in [2.24, 2.45) is 0 Å². The number of hydrogen-bond donors (Lipinski definition) is 2. The molecule has 0 bridgehead atoms. The van der Waals surface area contributed by atoms with Gasteiger partial charge in [0, 0.05) is 24.6 Å². The van der Waals surface area contributed by atoms with Crippen LogP contribution in [-0.2, 0) is 6.54 Å². The Bertz CT molecular complexity index is 812. The molecule has 0 fully saturated rings. The van der Waals surface area contributed by atoms with Crippen LogP contribution in [0.4, 0.5) is 5.82 Å². The van der Waals surface area contributed by atoms with Crippen molar-refractivity contribution in [1.29, 1.82) is 0 Å². The summed E-state index contributed by atoms with van der Waals surface area (Å²) < 4.78 is 1.94. The molecular formula is C12H13N7OS. The quantitative estimate of drug-likeness (QED) is 0.404. The van der Waals surface area contributed by atoms with E-state index in [1.807, 2.05) is 4.57 Å². The molecule has 3 N–H and O–H groups in total. The van der Waals surface area contributed by atoms with E-state index in [0.29, 0.717) is 16.5 Å². The molecule has 0 unspecified atom stereocenters. The summed E-state index contributed by atoms with van der Waals surface area (Å²) in [5.41, 5.74) is 6.96. The summed E-state index contributed by atoms with van der Waals surface area (Å²) in [4.78, 5) is 30.2. The molecule has 0 aliphatic rings. The second-order valence-corrected chi connectivity index (χ2v) is 5.39.